The van der Waals surface area contributed by atoms with E-state index >= 15 is 0 Å². The van der Waals surface area contributed by atoms with E-state index in [0.717, 1.165) is 18.6 Å². The van der Waals surface area contributed by atoms with Gasteiger partial charge in [-0.25, -0.2) is 22.5 Å². The predicted molar refractivity (Wildman–Crippen MR) is 95.7 cm³/mol. The molecule has 2 aliphatic heterocycles. The second-order valence-corrected chi connectivity index (χ2v) is 8.61. The van der Waals surface area contributed by atoms with Crippen molar-refractivity contribution in [2.45, 2.75) is 30.7 Å². The van der Waals surface area contributed by atoms with E-state index < -0.39 is 27.9 Å². The maximum Gasteiger partial charge on any atom is 0.325 e. The fourth-order valence-electron chi connectivity index (χ4n) is 3.26. The third-order valence-electron chi connectivity index (χ3n) is 4.81. The van der Waals surface area contributed by atoms with Crippen molar-refractivity contribution in [3.8, 4) is 0 Å². The minimum absolute atomic E-state index is 0.0499. The molecule has 0 aliphatic carbocycles. The van der Waals surface area contributed by atoms with Gasteiger partial charge in [0.25, 0.3) is 5.91 Å². The van der Waals surface area contributed by atoms with E-state index in [9.17, 15) is 22.4 Å². The Morgan fingerprint density at radius 2 is 1.74 bits per heavy atom. The van der Waals surface area contributed by atoms with Gasteiger partial charge >= 0.3 is 6.03 Å². The monoisotopic (exact) mass is 398 g/mol. The molecule has 148 valence electrons. The van der Waals surface area contributed by atoms with Crippen LogP contribution in [0.2, 0.25) is 0 Å². The van der Waals surface area contributed by atoms with Gasteiger partial charge in [0.1, 0.15) is 11.9 Å². The molecule has 1 atom stereocenters. The zero-order valence-corrected chi connectivity index (χ0v) is 15.9. The van der Waals surface area contributed by atoms with Gasteiger partial charge in [0, 0.05) is 26.2 Å². The Hall–Kier alpha value is -2.04. The molecule has 27 heavy (non-hydrogen) atoms. The van der Waals surface area contributed by atoms with Crippen molar-refractivity contribution in [3.63, 3.8) is 0 Å². The lowest BCUT2D eigenvalue weighted by molar-refractivity contribution is -0.129. The number of hydrogen-bond donors (Lipinski definition) is 1. The van der Waals surface area contributed by atoms with E-state index in [1.54, 1.807) is 0 Å². The number of urea groups is 1. The molecule has 1 N–H and O–H groups in total. The summed E-state index contributed by atoms with van der Waals surface area (Å²) in [5.41, 5.74) is 0. The number of nitrogens with one attached hydrogen (secondary N) is 1. The second-order valence-electron chi connectivity index (χ2n) is 6.67. The largest absolute Gasteiger partial charge is 0.326 e. The summed E-state index contributed by atoms with van der Waals surface area (Å²) in [5.74, 6) is -0.725. The van der Waals surface area contributed by atoms with Crippen molar-refractivity contribution in [2.75, 3.05) is 32.8 Å². The summed E-state index contributed by atoms with van der Waals surface area (Å²) < 4.78 is 39.6. The van der Waals surface area contributed by atoms with Crippen molar-refractivity contribution in [1.82, 2.24) is 19.4 Å². The maximum absolute atomic E-state index is 13.0. The molecule has 2 heterocycles. The molecule has 0 saturated carbocycles. The zero-order chi connectivity index (χ0) is 19.6. The molecule has 0 aromatic heterocycles. The average Bonchev–Trinajstić information content (AvgIpc) is 2.90. The molecule has 10 heteroatoms. The van der Waals surface area contributed by atoms with Gasteiger partial charge < -0.3 is 5.32 Å². The lowest BCUT2D eigenvalue weighted by Crippen LogP contribution is -2.52. The van der Waals surface area contributed by atoms with E-state index in [1.165, 1.54) is 21.3 Å². The maximum atomic E-state index is 13.0. The highest BCUT2D eigenvalue weighted by molar-refractivity contribution is 7.89. The van der Waals surface area contributed by atoms with Gasteiger partial charge in [-0.15, -0.1) is 0 Å². The van der Waals surface area contributed by atoms with E-state index in [4.69, 9.17) is 0 Å². The molecule has 1 aromatic rings. The van der Waals surface area contributed by atoms with Crippen molar-refractivity contribution >= 4 is 22.0 Å². The summed E-state index contributed by atoms with van der Waals surface area (Å²) in [7, 11) is -3.69. The number of sulfonamides is 1. The number of carbonyl (C=O) groups excluding carboxylic acids is 2. The van der Waals surface area contributed by atoms with Crippen molar-refractivity contribution < 1.29 is 22.4 Å². The molecule has 2 fully saturated rings. The smallest absolute Gasteiger partial charge is 0.325 e. The third-order valence-corrected chi connectivity index (χ3v) is 6.72. The van der Waals surface area contributed by atoms with E-state index in [0.29, 0.717) is 19.5 Å². The van der Waals surface area contributed by atoms with Crippen molar-refractivity contribution in [2.24, 2.45) is 0 Å². The molecule has 3 amide bonds. The van der Waals surface area contributed by atoms with Gasteiger partial charge in [0.05, 0.1) is 11.6 Å². The van der Waals surface area contributed by atoms with Crippen LogP contribution in [-0.4, -0.2) is 73.4 Å². The molecule has 0 bridgehead atoms. The normalized spacial score (nSPS) is 22.3. The van der Waals surface area contributed by atoms with Crippen LogP contribution >= 0.6 is 0 Å². The zero-order valence-electron chi connectivity index (χ0n) is 15.1. The first-order valence-corrected chi connectivity index (χ1v) is 10.4. The van der Waals surface area contributed by atoms with Crippen LogP contribution in [0.3, 0.4) is 0 Å². The van der Waals surface area contributed by atoms with Gasteiger partial charge in [-0.1, -0.05) is 13.3 Å². The number of nitrogens with zero attached hydrogens (tertiary/aromatic N) is 3. The number of imide groups is 1. The first-order chi connectivity index (χ1) is 12.8. The first-order valence-electron chi connectivity index (χ1n) is 8.93. The Kier molecular flexibility index (Phi) is 5.78. The van der Waals surface area contributed by atoms with Crippen LogP contribution in [0.15, 0.2) is 29.2 Å². The van der Waals surface area contributed by atoms with Crippen LogP contribution in [0.5, 0.6) is 0 Å². The highest BCUT2D eigenvalue weighted by atomic mass is 32.2. The Bertz CT molecular complexity index is 807. The fraction of sp³-hybridized carbons (Fsp3) is 0.529. The Morgan fingerprint density at radius 1 is 1.11 bits per heavy atom. The van der Waals surface area contributed by atoms with E-state index in [1.807, 2.05) is 11.8 Å². The summed E-state index contributed by atoms with van der Waals surface area (Å²) in [6, 6.07) is 3.86. The minimum Gasteiger partial charge on any atom is -0.326 e. The average molecular weight is 398 g/mol. The van der Waals surface area contributed by atoms with Gasteiger partial charge in [0.15, 0.2) is 0 Å². The molecule has 2 aliphatic rings. The predicted octanol–water partition coefficient (Wildman–Crippen LogP) is 0.810. The van der Waals surface area contributed by atoms with Crippen LogP contribution in [0.1, 0.15) is 19.8 Å². The van der Waals surface area contributed by atoms with Gasteiger partial charge in [-0.05, 0) is 30.7 Å². The molecule has 0 unspecified atom stereocenters. The second kappa shape index (κ2) is 7.91. The number of carbonyl (C=O) groups is 2. The molecule has 0 spiro atoms. The SMILES string of the molecule is CCC[C@@H]1NC(=O)N(CN2CCN(S(=O)(=O)c3ccc(F)cc3)CC2)C1=O. The molecular formula is C17H23FN4O4S. The number of piperazine rings is 1. The van der Waals surface area contributed by atoms with Crippen LogP contribution in [0.25, 0.3) is 0 Å². The number of amides is 3. The quantitative estimate of drug-likeness (QED) is 0.717. The summed E-state index contributed by atoms with van der Waals surface area (Å²) in [6.07, 6.45) is 1.40. The van der Waals surface area contributed by atoms with Gasteiger partial charge in [-0.3, -0.25) is 9.69 Å². The van der Waals surface area contributed by atoms with Gasteiger partial charge in [-0.2, -0.15) is 4.31 Å². The lowest BCUT2D eigenvalue weighted by atomic mass is 10.2. The Balaban J connectivity index is 1.58. The van der Waals surface area contributed by atoms with Crippen LogP contribution in [0.4, 0.5) is 9.18 Å². The molecular weight excluding hydrogens is 375 g/mol. The molecule has 2 saturated heterocycles. The van der Waals surface area contributed by atoms with Crippen LogP contribution < -0.4 is 5.32 Å². The number of benzene rings is 1. The summed E-state index contributed by atoms with van der Waals surface area (Å²) >= 11 is 0. The number of hydrogen-bond acceptors (Lipinski definition) is 5. The van der Waals surface area contributed by atoms with Crippen LogP contribution in [0, 0.1) is 5.82 Å². The Morgan fingerprint density at radius 3 is 2.33 bits per heavy atom. The van der Waals surface area contributed by atoms with E-state index in [-0.39, 0.29) is 30.6 Å². The third kappa shape index (κ3) is 4.12. The standard InChI is InChI=1S/C17H23FN4O4S/c1-2-3-15-16(23)22(17(24)19-15)12-20-8-10-21(11-9-20)27(25,26)14-6-4-13(18)5-7-14/h4-7,15H,2-3,8-12H2,1H3,(H,19,24)/t15-/m0/s1. The highest BCUT2D eigenvalue weighted by Crippen LogP contribution is 2.19. The number of rotatable bonds is 6. The highest BCUT2D eigenvalue weighted by Gasteiger charge is 2.39. The Labute approximate surface area is 158 Å². The topological polar surface area (TPSA) is 90.0 Å². The first kappa shape index (κ1) is 19.7. The summed E-state index contributed by atoms with van der Waals surface area (Å²) in [6.45, 7) is 3.37. The van der Waals surface area contributed by atoms with E-state index in [2.05, 4.69) is 5.32 Å². The molecule has 0 radical (unpaired) electrons. The van der Waals surface area contributed by atoms with Crippen molar-refractivity contribution in [1.29, 1.82) is 0 Å². The summed E-state index contributed by atoms with van der Waals surface area (Å²) in [5, 5.41) is 2.68. The molecule has 8 nitrogen and oxygen atoms in total. The molecule has 3 rings (SSSR count). The van der Waals surface area contributed by atoms with Crippen LogP contribution in [-0.2, 0) is 14.8 Å². The minimum atomic E-state index is -3.69. The fourth-order valence-corrected chi connectivity index (χ4v) is 4.68. The number of halogens is 1. The summed E-state index contributed by atoms with van der Waals surface area (Å²) in [4.78, 5) is 27.4. The van der Waals surface area contributed by atoms with Crippen molar-refractivity contribution in [3.05, 3.63) is 30.1 Å². The van der Waals surface area contributed by atoms with Gasteiger partial charge in [0.2, 0.25) is 10.0 Å². The lowest BCUT2D eigenvalue weighted by Gasteiger charge is -2.35. The molecule has 1 aromatic carbocycles.